The van der Waals surface area contributed by atoms with E-state index in [0.717, 1.165) is 12.8 Å². The van der Waals surface area contributed by atoms with Crippen LogP contribution in [0.25, 0.3) is 0 Å². The Kier molecular flexibility index (Phi) is 5.67. The first-order valence-electron chi connectivity index (χ1n) is 6.72. The first-order chi connectivity index (χ1) is 8.93. The third-order valence-electron chi connectivity index (χ3n) is 2.81. The van der Waals surface area contributed by atoms with Gasteiger partial charge < -0.3 is 15.8 Å². The summed E-state index contributed by atoms with van der Waals surface area (Å²) in [5.41, 5.74) is 6.16. The summed E-state index contributed by atoms with van der Waals surface area (Å²) in [5.74, 6) is 0.711. The summed E-state index contributed by atoms with van der Waals surface area (Å²) in [6, 6.07) is 7.20. The van der Waals surface area contributed by atoms with Crippen molar-refractivity contribution in [3.8, 4) is 5.75 Å². The number of amides is 1. The zero-order chi connectivity index (χ0) is 14.3. The fourth-order valence-corrected chi connectivity index (χ4v) is 1.99. The number of nitrogens with two attached hydrogens (primary N) is 1. The lowest BCUT2D eigenvalue weighted by molar-refractivity contribution is -0.123. The van der Waals surface area contributed by atoms with E-state index in [4.69, 9.17) is 10.5 Å². The van der Waals surface area contributed by atoms with Gasteiger partial charge in [0, 0.05) is 17.3 Å². The van der Waals surface area contributed by atoms with Crippen molar-refractivity contribution in [1.82, 2.24) is 5.32 Å². The molecule has 0 unspecified atom stereocenters. The van der Waals surface area contributed by atoms with Gasteiger partial charge in [-0.2, -0.15) is 0 Å². The van der Waals surface area contributed by atoms with E-state index in [1.807, 2.05) is 26.0 Å². The van der Waals surface area contributed by atoms with Crippen LogP contribution in [-0.4, -0.2) is 18.1 Å². The predicted molar refractivity (Wildman–Crippen MR) is 78.1 cm³/mol. The molecule has 0 aromatic heterocycles. The Labute approximate surface area is 115 Å². The second-order valence-corrected chi connectivity index (χ2v) is 5.35. The Hall–Kier alpha value is -1.71. The van der Waals surface area contributed by atoms with Gasteiger partial charge in [0.15, 0.2) is 0 Å². The second kappa shape index (κ2) is 7.02. The van der Waals surface area contributed by atoms with E-state index in [2.05, 4.69) is 12.2 Å². The van der Waals surface area contributed by atoms with Crippen LogP contribution in [0.5, 0.6) is 5.75 Å². The summed E-state index contributed by atoms with van der Waals surface area (Å²) in [6.07, 6.45) is 2.36. The van der Waals surface area contributed by atoms with E-state index < -0.39 is 0 Å². The summed E-state index contributed by atoms with van der Waals surface area (Å²) in [7, 11) is 0. The molecule has 1 rings (SSSR count). The molecular weight excluding hydrogens is 240 g/mol. The van der Waals surface area contributed by atoms with Gasteiger partial charge >= 0.3 is 0 Å². The summed E-state index contributed by atoms with van der Waals surface area (Å²) < 4.78 is 5.49. The minimum Gasteiger partial charge on any atom is -0.493 e. The highest BCUT2D eigenvalue weighted by Gasteiger charge is 2.18. The maximum Gasteiger partial charge on any atom is 0.223 e. The second-order valence-electron chi connectivity index (χ2n) is 5.35. The van der Waals surface area contributed by atoms with Crippen LogP contribution in [0.1, 0.15) is 40.0 Å². The molecule has 1 aromatic carbocycles. The quantitative estimate of drug-likeness (QED) is 0.744. The molecule has 0 saturated carbocycles. The fraction of sp³-hybridized carbons (Fsp3) is 0.533. The molecular formula is C15H24N2O2. The maximum absolute atomic E-state index is 11.8. The van der Waals surface area contributed by atoms with Crippen LogP contribution in [0.2, 0.25) is 0 Å². The lowest BCUT2D eigenvalue weighted by Gasteiger charge is -2.25. The molecule has 0 saturated heterocycles. The number of nitrogens with one attached hydrogen (secondary N) is 1. The van der Waals surface area contributed by atoms with Crippen LogP contribution < -0.4 is 15.8 Å². The molecule has 1 aromatic rings. The molecule has 106 valence electrons. The Morgan fingerprint density at radius 2 is 2.16 bits per heavy atom. The summed E-state index contributed by atoms with van der Waals surface area (Å²) in [5, 5.41) is 3.01. The molecule has 0 aliphatic carbocycles. The number of hydrogen-bond acceptors (Lipinski definition) is 3. The zero-order valence-corrected chi connectivity index (χ0v) is 12.0. The van der Waals surface area contributed by atoms with Crippen LogP contribution in [0, 0.1) is 0 Å². The normalized spacial score (nSPS) is 11.1. The Morgan fingerprint density at radius 1 is 1.42 bits per heavy atom. The lowest BCUT2D eigenvalue weighted by atomic mass is 9.99. The number of ether oxygens (including phenoxy) is 1. The molecule has 19 heavy (non-hydrogen) atoms. The first kappa shape index (κ1) is 15.3. The van der Waals surface area contributed by atoms with E-state index >= 15 is 0 Å². The number of nitrogen functional groups attached to an aromatic ring is 1. The van der Waals surface area contributed by atoms with Gasteiger partial charge in [0.2, 0.25) is 5.91 Å². The molecule has 0 fully saturated rings. The maximum atomic E-state index is 11.8. The molecule has 4 nitrogen and oxygen atoms in total. The van der Waals surface area contributed by atoms with Crippen molar-refractivity contribution in [2.24, 2.45) is 0 Å². The zero-order valence-electron chi connectivity index (χ0n) is 12.0. The molecule has 0 aliphatic rings. The van der Waals surface area contributed by atoms with Gasteiger partial charge in [-0.1, -0.05) is 19.4 Å². The highest BCUT2D eigenvalue weighted by Crippen LogP contribution is 2.15. The highest BCUT2D eigenvalue weighted by molar-refractivity contribution is 5.76. The fourth-order valence-electron chi connectivity index (χ4n) is 1.99. The van der Waals surface area contributed by atoms with Gasteiger partial charge in [0.1, 0.15) is 5.75 Å². The van der Waals surface area contributed by atoms with E-state index in [9.17, 15) is 4.79 Å². The SMILES string of the molecule is CCCC(C)(C)NC(=O)CCOc1cccc(N)c1. The molecule has 0 spiro atoms. The number of benzene rings is 1. The predicted octanol–water partition coefficient (Wildman–Crippen LogP) is 2.73. The minimum atomic E-state index is -0.150. The van der Waals surface area contributed by atoms with Gasteiger partial charge in [0.25, 0.3) is 0 Å². The third-order valence-corrected chi connectivity index (χ3v) is 2.81. The third kappa shape index (κ3) is 6.13. The topological polar surface area (TPSA) is 64.3 Å². The molecule has 0 heterocycles. The van der Waals surface area contributed by atoms with E-state index in [1.165, 1.54) is 0 Å². The highest BCUT2D eigenvalue weighted by atomic mass is 16.5. The van der Waals surface area contributed by atoms with Gasteiger partial charge in [-0.25, -0.2) is 0 Å². The van der Waals surface area contributed by atoms with Crippen molar-refractivity contribution in [1.29, 1.82) is 0 Å². The van der Waals surface area contributed by atoms with Crippen LogP contribution in [0.15, 0.2) is 24.3 Å². The number of carbonyl (C=O) groups excluding carboxylic acids is 1. The molecule has 1 amide bonds. The number of hydrogen-bond donors (Lipinski definition) is 2. The van der Waals surface area contributed by atoms with Gasteiger partial charge in [-0.05, 0) is 32.4 Å². The lowest BCUT2D eigenvalue weighted by Crippen LogP contribution is -2.43. The number of anilines is 1. The van der Waals surface area contributed by atoms with Crippen LogP contribution in [0.4, 0.5) is 5.69 Å². The van der Waals surface area contributed by atoms with Crippen LogP contribution in [0.3, 0.4) is 0 Å². The van der Waals surface area contributed by atoms with Crippen molar-refractivity contribution in [3.63, 3.8) is 0 Å². The van der Waals surface area contributed by atoms with Crippen molar-refractivity contribution in [2.45, 2.75) is 45.6 Å². The summed E-state index contributed by atoms with van der Waals surface area (Å²) in [4.78, 5) is 11.8. The van der Waals surface area contributed by atoms with Gasteiger partial charge in [-0.15, -0.1) is 0 Å². The van der Waals surface area contributed by atoms with Crippen molar-refractivity contribution < 1.29 is 9.53 Å². The van der Waals surface area contributed by atoms with Crippen molar-refractivity contribution >= 4 is 11.6 Å². The van der Waals surface area contributed by atoms with Crippen molar-refractivity contribution in [3.05, 3.63) is 24.3 Å². The Morgan fingerprint density at radius 3 is 2.79 bits per heavy atom. The molecule has 0 aliphatic heterocycles. The first-order valence-corrected chi connectivity index (χ1v) is 6.72. The smallest absolute Gasteiger partial charge is 0.223 e. The monoisotopic (exact) mass is 264 g/mol. The number of rotatable bonds is 7. The van der Waals surface area contributed by atoms with Crippen molar-refractivity contribution in [2.75, 3.05) is 12.3 Å². The van der Waals surface area contributed by atoms with Crippen LogP contribution >= 0.6 is 0 Å². The Balaban J connectivity index is 2.31. The molecule has 0 radical (unpaired) electrons. The van der Waals surface area contributed by atoms with Gasteiger partial charge in [0.05, 0.1) is 13.0 Å². The van der Waals surface area contributed by atoms with E-state index in [-0.39, 0.29) is 11.4 Å². The summed E-state index contributed by atoms with van der Waals surface area (Å²) in [6.45, 7) is 6.54. The van der Waals surface area contributed by atoms with Gasteiger partial charge in [-0.3, -0.25) is 4.79 Å². The minimum absolute atomic E-state index is 0.0161. The average molecular weight is 264 g/mol. The van der Waals surface area contributed by atoms with E-state index in [0.29, 0.717) is 24.5 Å². The Bertz CT molecular complexity index is 416. The number of carbonyl (C=O) groups is 1. The molecule has 0 bridgehead atoms. The molecule has 4 heteroatoms. The molecule has 3 N–H and O–H groups in total. The molecule has 0 atom stereocenters. The average Bonchev–Trinajstić information content (AvgIpc) is 2.27. The van der Waals surface area contributed by atoms with E-state index in [1.54, 1.807) is 12.1 Å². The largest absolute Gasteiger partial charge is 0.493 e. The standard InChI is InChI=1S/C15H24N2O2/c1-4-9-15(2,3)17-14(18)8-10-19-13-7-5-6-12(16)11-13/h5-7,11H,4,8-10,16H2,1-3H3,(H,17,18). The summed E-state index contributed by atoms with van der Waals surface area (Å²) >= 11 is 0. The van der Waals surface area contributed by atoms with Crippen LogP contribution in [-0.2, 0) is 4.79 Å².